The highest BCUT2D eigenvalue weighted by molar-refractivity contribution is 5.90. The Bertz CT molecular complexity index is 572. The smallest absolute Gasteiger partial charge is 0.230 e. The van der Waals surface area contributed by atoms with Crippen LogP contribution in [0.3, 0.4) is 0 Å². The minimum absolute atomic E-state index is 0. The van der Waals surface area contributed by atoms with Crippen molar-refractivity contribution < 1.29 is 30.7 Å². The molecule has 1 aromatic carbocycles. The first-order chi connectivity index (χ1) is 9.15. The summed E-state index contributed by atoms with van der Waals surface area (Å²) in [5.74, 6) is -0.614. The van der Waals surface area contributed by atoms with Crippen molar-refractivity contribution in [2.75, 3.05) is 5.32 Å². The number of hydrogen-bond acceptors (Lipinski definition) is 1. The lowest BCUT2D eigenvalue weighted by Crippen LogP contribution is -3.00. The predicted octanol–water partition coefficient (Wildman–Crippen LogP) is -0.546. The molecule has 1 heterocycles. The van der Waals surface area contributed by atoms with Gasteiger partial charge in [0.1, 0.15) is 5.82 Å². The number of hydrogen-bond donors (Lipinski definition) is 1. The first-order valence-corrected chi connectivity index (χ1v) is 6.15. The van der Waals surface area contributed by atoms with Crippen LogP contribution < -0.4 is 26.9 Å². The third-order valence-corrected chi connectivity index (χ3v) is 2.80. The van der Waals surface area contributed by atoms with Crippen molar-refractivity contribution in [2.45, 2.75) is 19.9 Å². The predicted molar refractivity (Wildman–Crippen MR) is 71.0 cm³/mol. The van der Waals surface area contributed by atoms with Crippen molar-refractivity contribution in [1.29, 1.82) is 0 Å². The average molecular weight is 339 g/mol. The highest BCUT2D eigenvalue weighted by Crippen LogP contribution is 2.12. The monoisotopic (exact) mass is 338 g/mol. The van der Waals surface area contributed by atoms with E-state index >= 15 is 0 Å². The van der Waals surface area contributed by atoms with Crippen LogP contribution in [0.5, 0.6) is 0 Å². The number of carbonyl (C=O) groups excluding carboxylic acids is 1. The van der Waals surface area contributed by atoms with Gasteiger partial charge in [-0.3, -0.25) is 4.79 Å². The van der Waals surface area contributed by atoms with Gasteiger partial charge in [0.05, 0.1) is 12.1 Å². The summed E-state index contributed by atoms with van der Waals surface area (Å²) in [6.45, 7) is 2.58. The van der Waals surface area contributed by atoms with Crippen molar-refractivity contribution in [3.05, 3.63) is 60.2 Å². The standard InChI is InChI=1S/C15H15FN2O.BrH/c1-12-6-9-18(10-7-12)11-8-15(19)17-14-5-3-2-4-13(14)16;/h2-7,9-10H,8,11H2,1H3;1H. The van der Waals surface area contributed by atoms with Gasteiger partial charge in [0, 0.05) is 12.1 Å². The van der Waals surface area contributed by atoms with E-state index in [1.165, 1.54) is 11.6 Å². The SMILES string of the molecule is Cc1cc[n+](CCC(=O)Nc2ccccc2F)cc1.[Br-]. The highest BCUT2D eigenvalue weighted by Gasteiger charge is 2.08. The van der Waals surface area contributed by atoms with Gasteiger partial charge in [0.2, 0.25) is 5.91 Å². The summed E-state index contributed by atoms with van der Waals surface area (Å²) < 4.78 is 15.3. The van der Waals surface area contributed by atoms with E-state index in [2.05, 4.69) is 5.32 Å². The summed E-state index contributed by atoms with van der Waals surface area (Å²) in [7, 11) is 0. The Morgan fingerprint density at radius 3 is 2.50 bits per heavy atom. The minimum atomic E-state index is -0.418. The number of aryl methyl sites for hydroxylation is 2. The van der Waals surface area contributed by atoms with E-state index < -0.39 is 5.82 Å². The van der Waals surface area contributed by atoms with Crippen LogP contribution in [-0.4, -0.2) is 5.91 Å². The third kappa shape index (κ3) is 4.74. The van der Waals surface area contributed by atoms with Gasteiger partial charge in [0.15, 0.2) is 18.9 Å². The molecule has 0 atom stereocenters. The number of nitrogens with one attached hydrogen (secondary N) is 1. The zero-order valence-corrected chi connectivity index (χ0v) is 12.7. The molecule has 106 valence electrons. The van der Waals surface area contributed by atoms with E-state index in [1.54, 1.807) is 18.2 Å². The molecular formula is C15H16BrFN2O. The normalized spacial score (nSPS) is 9.70. The number of benzene rings is 1. The second-order valence-corrected chi connectivity index (χ2v) is 4.39. The molecule has 0 saturated heterocycles. The molecule has 0 saturated carbocycles. The second kappa shape index (κ2) is 7.75. The number of anilines is 1. The Kier molecular flexibility index (Phi) is 6.31. The molecule has 1 N–H and O–H groups in total. The molecule has 2 rings (SSSR count). The Balaban J connectivity index is 0.00000200. The lowest BCUT2D eigenvalue weighted by atomic mass is 10.3. The minimum Gasteiger partial charge on any atom is -1.00 e. The van der Waals surface area contributed by atoms with Crippen LogP contribution in [-0.2, 0) is 11.3 Å². The van der Waals surface area contributed by atoms with Gasteiger partial charge in [-0.2, -0.15) is 0 Å². The molecule has 0 unspecified atom stereocenters. The van der Waals surface area contributed by atoms with Gasteiger partial charge in [-0.1, -0.05) is 12.1 Å². The lowest BCUT2D eigenvalue weighted by molar-refractivity contribution is -0.695. The first kappa shape index (κ1) is 16.3. The van der Waals surface area contributed by atoms with Crippen LogP contribution in [0.2, 0.25) is 0 Å². The fraction of sp³-hybridized carbons (Fsp3) is 0.200. The van der Waals surface area contributed by atoms with E-state index in [4.69, 9.17) is 0 Å². The number of amides is 1. The summed E-state index contributed by atoms with van der Waals surface area (Å²) in [5.41, 5.74) is 1.40. The van der Waals surface area contributed by atoms with Gasteiger partial charge in [-0.25, -0.2) is 8.96 Å². The van der Waals surface area contributed by atoms with Crippen LogP contribution >= 0.6 is 0 Å². The number of para-hydroxylation sites is 1. The van der Waals surface area contributed by atoms with Gasteiger partial charge >= 0.3 is 0 Å². The topological polar surface area (TPSA) is 33.0 Å². The lowest BCUT2D eigenvalue weighted by Gasteiger charge is -2.04. The quantitative estimate of drug-likeness (QED) is 0.746. The van der Waals surface area contributed by atoms with Crippen LogP contribution in [0.1, 0.15) is 12.0 Å². The van der Waals surface area contributed by atoms with Gasteiger partial charge in [-0.05, 0) is 24.6 Å². The molecule has 0 aliphatic rings. The molecule has 0 aliphatic heterocycles. The van der Waals surface area contributed by atoms with Gasteiger partial charge in [-0.15, -0.1) is 0 Å². The van der Waals surface area contributed by atoms with E-state index in [-0.39, 0.29) is 28.6 Å². The number of rotatable bonds is 4. The molecule has 5 heteroatoms. The van der Waals surface area contributed by atoms with Crippen molar-refractivity contribution in [2.24, 2.45) is 0 Å². The maximum atomic E-state index is 13.3. The zero-order valence-electron chi connectivity index (χ0n) is 11.1. The molecule has 2 aromatic rings. The zero-order chi connectivity index (χ0) is 13.7. The molecule has 0 spiro atoms. The molecular weight excluding hydrogens is 323 g/mol. The van der Waals surface area contributed by atoms with Crippen molar-refractivity contribution >= 4 is 11.6 Å². The Morgan fingerprint density at radius 1 is 1.20 bits per heavy atom. The Hall–Kier alpha value is -1.75. The van der Waals surface area contributed by atoms with Crippen LogP contribution in [0, 0.1) is 12.7 Å². The van der Waals surface area contributed by atoms with E-state index in [0.29, 0.717) is 13.0 Å². The van der Waals surface area contributed by atoms with E-state index in [0.717, 1.165) is 0 Å². The van der Waals surface area contributed by atoms with Crippen molar-refractivity contribution in [3.8, 4) is 0 Å². The van der Waals surface area contributed by atoms with E-state index in [1.807, 2.05) is 36.0 Å². The maximum Gasteiger partial charge on any atom is 0.230 e. The molecule has 0 aliphatic carbocycles. The maximum absolute atomic E-state index is 13.3. The average Bonchev–Trinajstić information content (AvgIpc) is 2.41. The summed E-state index contributed by atoms with van der Waals surface area (Å²) in [6, 6.07) is 10.1. The van der Waals surface area contributed by atoms with Gasteiger partial charge in [0.25, 0.3) is 0 Å². The molecule has 0 bridgehead atoms. The summed E-state index contributed by atoms with van der Waals surface area (Å²) >= 11 is 0. The van der Waals surface area contributed by atoms with Crippen LogP contribution in [0.15, 0.2) is 48.8 Å². The fourth-order valence-electron chi connectivity index (χ4n) is 1.69. The molecule has 0 radical (unpaired) electrons. The van der Waals surface area contributed by atoms with Crippen molar-refractivity contribution in [3.63, 3.8) is 0 Å². The van der Waals surface area contributed by atoms with Crippen LogP contribution in [0.4, 0.5) is 10.1 Å². The molecule has 1 aromatic heterocycles. The summed E-state index contributed by atoms with van der Waals surface area (Å²) in [5, 5.41) is 2.56. The second-order valence-electron chi connectivity index (χ2n) is 4.39. The van der Waals surface area contributed by atoms with Gasteiger partial charge < -0.3 is 22.3 Å². The summed E-state index contributed by atoms with van der Waals surface area (Å²) in [6.07, 6.45) is 4.15. The largest absolute Gasteiger partial charge is 1.00 e. The highest BCUT2D eigenvalue weighted by atomic mass is 79.9. The molecule has 0 fully saturated rings. The molecule has 3 nitrogen and oxygen atoms in total. The van der Waals surface area contributed by atoms with Crippen molar-refractivity contribution in [1.82, 2.24) is 0 Å². The molecule has 20 heavy (non-hydrogen) atoms. The fourth-order valence-corrected chi connectivity index (χ4v) is 1.69. The number of aromatic nitrogens is 1. The number of halogens is 2. The number of nitrogens with zero attached hydrogens (tertiary/aromatic N) is 1. The Morgan fingerprint density at radius 2 is 1.85 bits per heavy atom. The number of carbonyl (C=O) groups is 1. The first-order valence-electron chi connectivity index (χ1n) is 6.15. The van der Waals surface area contributed by atoms with Crippen LogP contribution in [0.25, 0.3) is 0 Å². The number of pyridine rings is 1. The molecule has 1 amide bonds. The Labute approximate surface area is 128 Å². The van der Waals surface area contributed by atoms with E-state index in [9.17, 15) is 9.18 Å². The third-order valence-electron chi connectivity index (χ3n) is 2.80. The summed E-state index contributed by atoms with van der Waals surface area (Å²) in [4.78, 5) is 11.7.